The van der Waals surface area contributed by atoms with Gasteiger partial charge in [-0.05, 0) is 32.0 Å². The van der Waals surface area contributed by atoms with Crippen LogP contribution in [-0.4, -0.2) is 25.3 Å². The fraction of sp³-hybridized carbons (Fsp3) is 0.353. The molecule has 0 radical (unpaired) electrons. The number of nitrogens with one attached hydrogen (secondary N) is 2. The van der Waals surface area contributed by atoms with Crippen molar-refractivity contribution in [1.29, 1.82) is 0 Å². The second-order valence-corrected chi connectivity index (χ2v) is 6.12. The third-order valence-electron chi connectivity index (χ3n) is 3.22. The number of benzene rings is 1. The van der Waals surface area contributed by atoms with Crippen LogP contribution >= 0.6 is 11.8 Å². The summed E-state index contributed by atoms with van der Waals surface area (Å²) in [6.45, 7) is 5.53. The molecule has 1 aromatic heterocycles. The summed E-state index contributed by atoms with van der Waals surface area (Å²) in [6, 6.07) is 12.5. The molecule has 0 saturated heterocycles. The van der Waals surface area contributed by atoms with E-state index >= 15 is 0 Å². The number of thioether (sulfide) groups is 1. The van der Waals surface area contributed by atoms with Gasteiger partial charge in [0.15, 0.2) is 5.96 Å². The van der Waals surface area contributed by atoms with E-state index in [0.717, 1.165) is 29.8 Å². The quantitative estimate of drug-likeness (QED) is 0.371. The molecule has 0 fully saturated rings. The van der Waals surface area contributed by atoms with Crippen LogP contribution in [-0.2, 0) is 6.54 Å². The van der Waals surface area contributed by atoms with Gasteiger partial charge in [-0.15, -0.1) is 11.8 Å². The second kappa shape index (κ2) is 8.54. The number of furan rings is 1. The molecule has 0 saturated carbocycles. The summed E-state index contributed by atoms with van der Waals surface area (Å²) in [5, 5.41) is 6.63. The minimum absolute atomic E-state index is 0.717. The zero-order valence-electron chi connectivity index (χ0n) is 13.3. The van der Waals surface area contributed by atoms with Crippen LogP contribution in [0.2, 0.25) is 0 Å². The molecular formula is C17H23N3OS. The first-order valence-electron chi connectivity index (χ1n) is 7.37. The van der Waals surface area contributed by atoms with Crippen molar-refractivity contribution in [2.45, 2.75) is 25.3 Å². The van der Waals surface area contributed by atoms with Crippen molar-refractivity contribution in [3.05, 3.63) is 53.5 Å². The molecule has 1 aromatic carbocycles. The second-order valence-electron chi connectivity index (χ2n) is 4.95. The first-order chi connectivity index (χ1) is 10.7. The minimum atomic E-state index is 0.717. The summed E-state index contributed by atoms with van der Waals surface area (Å²) in [7, 11) is 1.78. The summed E-state index contributed by atoms with van der Waals surface area (Å²) in [5.74, 6) is 3.71. The Kier molecular flexibility index (Phi) is 6.40. The molecule has 0 unspecified atom stereocenters. The Bertz CT molecular complexity index is 608. The average Bonchev–Trinajstić information content (AvgIpc) is 2.85. The molecule has 1 heterocycles. The lowest BCUT2D eigenvalue weighted by Gasteiger charge is -2.11. The van der Waals surface area contributed by atoms with Crippen molar-refractivity contribution in [1.82, 2.24) is 10.6 Å². The highest BCUT2D eigenvalue weighted by molar-refractivity contribution is 7.99. The van der Waals surface area contributed by atoms with Crippen LogP contribution in [0.3, 0.4) is 0 Å². The Morgan fingerprint density at radius 1 is 1.18 bits per heavy atom. The first kappa shape index (κ1) is 16.5. The van der Waals surface area contributed by atoms with E-state index in [1.54, 1.807) is 7.05 Å². The molecule has 4 nitrogen and oxygen atoms in total. The summed E-state index contributed by atoms with van der Waals surface area (Å²) in [4.78, 5) is 5.53. The van der Waals surface area contributed by atoms with Crippen LogP contribution in [0, 0.1) is 13.8 Å². The van der Waals surface area contributed by atoms with Crippen molar-refractivity contribution in [3.8, 4) is 0 Å². The number of aryl methyl sites for hydroxylation is 2. The number of hydrogen-bond donors (Lipinski definition) is 2. The standard InChI is InChI=1S/C17H23N3OS/c1-13-11-15(14(2)21-13)12-20-17(18-3)19-9-10-22-16-7-5-4-6-8-16/h4-8,11H,9-10,12H2,1-3H3,(H2,18,19,20). The van der Waals surface area contributed by atoms with Crippen LogP contribution < -0.4 is 10.6 Å². The SMILES string of the molecule is CN=C(NCCSc1ccccc1)NCc1cc(C)oc1C. The molecule has 0 atom stereocenters. The van der Waals surface area contributed by atoms with Crippen LogP contribution in [0.15, 0.2) is 50.7 Å². The molecule has 22 heavy (non-hydrogen) atoms. The topological polar surface area (TPSA) is 49.6 Å². The lowest BCUT2D eigenvalue weighted by molar-refractivity contribution is 0.500. The maximum atomic E-state index is 5.52. The van der Waals surface area contributed by atoms with Crippen molar-refractivity contribution < 1.29 is 4.42 Å². The Hall–Kier alpha value is -1.88. The predicted octanol–water partition coefficient (Wildman–Crippen LogP) is 3.35. The summed E-state index contributed by atoms with van der Waals surface area (Å²) >= 11 is 1.83. The van der Waals surface area contributed by atoms with Gasteiger partial charge in [0, 0.05) is 36.3 Å². The van der Waals surface area contributed by atoms with E-state index in [2.05, 4.69) is 46.0 Å². The summed E-state index contributed by atoms with van der Waals surface area (Å²) < 4.78 is 5.52. The van der Waals surface area contributed by atoms with E-state index < -0.39 is 0 Å². The zero-order chi connectivity index (χ0) is 15.8. The third-order valence-corrected chi connectivity index (χ3v) is 4.23. The van der Waals surface area contributed by atoms with E-state index in [4.69, 9.17) is 4.42 Å². The lowest BCUT2D eigenvalue weighted by Crippen LogP contribution is -2.37. The Morgan fingerprint density at radius 3 is 2.59 bits per heavy atom. The van der Waals surface area contributed by atoms with Gasteiger partial charge in [0.05, 0.1) is 0 Å². The molecular weight excluding hydrogens is 294 g/mol. The molecule has 0 aliphatic heterocycles. The van der Waals surface area contributed by atoms with Gasteiger partial charge < -0.3 is 15.1 Å². The molecule has 0 aliphatic rings. The first-order valence-corrected chi connectivity index (χ1v) is 8.36. The van der Waals surface area contributed by atoms with Crippen molar-refractivity contribution >= 4 is 17.7 Å². The van der Waals surface area contributed by atoms with Crippen molar-refractivity contribution in [2.24, 2.45) is 4.99 Å². The van der Waals surface area contributed by atoms with E-state index in [0.29, 0.717) is 6.54 Å². The molecule has 0 bridgehead atoms. The summed E-state index contributed by atoms with van der Waals surface area (Å²) in [5.41, 5.74) is 1.17. The van der Waals surface area contributed by atoms with Crippen LogP contribution in [0.25, 0.3) is 0 Å². The molecule has 0 spiro atoms. The highest BCUT2D eigenvalue weighted by Gasteiger charge is 2.05. The lowest BCUT2D eigenvalue weighted by atomic mass is 10.2. The maximum absolute atomic E-state index is 5.52. The fourth-order valence-corrected chi connectivity index (χ4v) is 2.90. The highest BCUT2D eigenvalue weighted by atomic mass is 32.2. The molecule has 0 amide bonds. The number of guanidine groups is 1. The van der Waals surface area contributed by atoms with Gasteiger partial charge in [-0.1, -0.05) is 18.2 Å². The molecule has 118 valence electrons. The fourth-order valence-electron chi connectivity index (χ4n) is 2.11. The van der Waals surface area contributed by atoms with Gasteiger partial charge in [-0.25, -0.2) is 0 Å². The Morgan fingerprint density at radius 2 is 1.95 bits per heavy atom. The van der Waals surface area contributed by atoms with Gasteiger partial charge in [-0.2, -0.15) is 0 Å². The number of aliphatic imine (C=N–C) groups is 1. The Labute approximate surface area is 136 Å². The third kappa shape index (κ3) is 5.15. The number of nitrogens with zero attached hydrogens (tertiary/aromatic N) is 1. The largest absolute Gasteiger partial charge is 0.466 e. The number of hydrogen-bond acceptors (Lipinski definition) is 3. The van der Waals surface area contributed by atoms with E-state index in [1.165, 1.54) is 10.5 Å². The highest BCUT2D eigenvalue weighted by Crippen LogP contribution is 2.15. The Balaban J connectivity index is 1.70. The molecule has 2 aromatic rings. The van der Waals surface area contributed by atoms with Crippen molar-refractivity contribution in [3.63, 3.8) is 0 Å². The molecule has 5 heteroatoms. The predicted molar refractivity (Wildman–Crippen MR) is 93.5 cm³/mol. The minimum Gasteiger partial charge on any atom is -0.466 e. The maximum Gasteiger partial charge on any atom is 0.191 e. The van der Waals surface area contributed by atoms with E-state index in [1.807, 2.05) is 31.7 Å². The van der Waals surface area contributed by atoms with E-state index in [9.17, 15) is 0 Å². The van der Waals surface area contributed by atoms with Crippen LogP contribution in [0.4, 0.5) is 0 Å². The smallest absolute Gasteiger partial charge is 0.191 e. The van der Waals surface area contributed by atoms with Crippen LogP contribution in [0.1, 0.15) is 17.1 Å². The van der Waals surface area contributed by atoms with Gasteiger partial charge in [0.1, 0.15) is 11.5 Å². The summed E-state index contributed by atoms with van der Waals surface area (Å²) in [6.07, 6.45) is 0. The molecule has 2 rings (SSSR count). The monoisotopic (exact) mass is 317 g/mol. The van der Waals surface area contributed by atoms with Gasteiger partial charge in [0.2, 0.25) is 0 Å². The van der Waals surface area contributed by atoms with Gasteiger partial charge in [-0.3, -0.25) is 4.99 Å². The van der Waals surface area contributed by atoms with E-state index in [-0.39, 0.29) is 0 Å². The normalized spacial score (nSPS) is 11.5. The van der Waals surface area contributed by atoms with Crippen molar-refractivity contribution in [2.75, 3.05) is 19.3 Å². The van der Waals surface area contributed by atoms with Crippen LogP contribution in [0.5, 0.6) is 0 Å². The molecule has 2 N–H and O–H groups in total. The number of rotatable bonds is 6. The molecule has 0 aliphatic carbocycles. The zero-order valence-corrected chi connectivity index (χ0v) is 14.2. The average molecular weight is 317 g/mol. The van der Waals surface area contributed by atoms with Gasteiger partial charge in [0.25, 0.3) is 0 Å². The van der Waals surface area contributed by atoms with Gasteiger partial charge >= 0.3 is 0 Å².